The quantitative estimate of drug-likeness (QED) is 0.101. The summed E-state index contributed by atoms with van der Waals surface area (Å²) in [5, 5.41) is 8.56. The minimum atomic E-state index is -1.56. The number of nitrogens with zero attached hydrogens (tertiary/aromatic N) is 2. The Balaban J connectivity index is 1.97. The van der Waals surface area contributed by atoms with Gasteiger partial charge in [0.2, 0.25) is 5.52 Å². The molecule has 184 valence electrons. The van der Waals surface area contributed by atoms with Crippen molar-refractivity contribution in [3.05, 3.63) is 64.8 Å². The van der Waals surface area contributed by atoms with Gasteiger partial charge in [0.15, 0.2) is 6.20 Å². The first-order chi connectivity index (χ1) is 16.8. The van der Waals surface area contributed by atoms with Gasteiger partial charge < -0.3 is 4.40 Å². The normalized spacial score (nSPS) is 13.4. The highest BCUT2D eigenvalue weighted by Crippen LogP contribution is 2.42. The van der Waals surface area contributed by atoms with Crippen LogP contribution in [0.1, 0.15) is 43.0 Å². The van der Waals surface area contributed by atoms with Crippen LogP contribution >= 0.6 is 0 Å². The maximum atomic E-state index is 2.62. The first-order valence-corrected chi connectivity index (χ1v) is 16.8. The van der Waals surface area contributed by atoms with Gasteiger partial charge in [-0.2, -0.15) is 0 Å². The van der Waals surface area contributed by atoms with E-state index in [0.29, 0.717) is 0 Å². The summed E-state index contributed by atoms with van der Waals surface area (Å²) in [5.41, 5.74) is 11.3. The summed E-state index contributed by atoms with van der Waals surface area (Å²) in [6.45, 7) is 21.3. The Morgan fingerprint density at radius 1 is 0.806 bits per heavy atom. The molecule has 0 aliphatic carbocycles. The molecule has 0 aliphatic heterocycles. The lowest BCUT2D eigenvalue weighted by atomic mass is 9.88. The number of hydrogen-bond acceptors (Lipinski definition) is 0. The summed E-state index contributed by atoms with van der Waals surface area (Å²) in [6.07, 6.45) is 3.51. The number of benzene rings is 3. The Hall–Kier alpha value is -2.91. The van der Waals surface area contributed by atoms with Gasteiger partial charge >= 0.3 is 0 Å². The molecule has 36 heavy (non-hydrogen) atoms. The fourth-order valence-electron chi connectivity index (χ4n) is 6.62. The summed E-state index contributed by atoms with van der Waals surface area (Å²) < 4.78 is 5.06. The molecule has 6 rings (SSSR count). The molecule has 0 bridgehead atoms. The number of aryl methyl sites for hydroxylation is 4. The molecule has 0 N–H and O–H groups in total. The smallest absolute Gasteiger partial charge is 0.224 e. The Labute approximate surface area is 215 Å². The van der Waals surface area contributed by atoms with Gasteiger partial charge in [0.1, 0.15) is 7.05 Å². The van der Waals surface area contributed by atoms with Crippen LogP contribution in [-0.4, -0.2) is 12.5 Å². The van der Waals surface area contributed by atoms with E-state index in [1.165, 1.54) is 71.3 Å². The van der Waals surface area contributed by atoms with Gasteiger partial charge in [-0.1, -0.05) is 70.7 Å². The largest absolute Gasteiger partial charge is 0.307 e. The highest BCUT2D eigenvalue weighted by atomic mass is 28.3. The second-order valence-electron chi connectivity index (χ2n) is 13.4. The van der Waals surface area contributed by atoms with Gasteiger partial charge in [-0.05, 0) is 66.3 Å². The number of pyridine rings is 2. The minimum absolute atomic E-state index is 0.253. The molecule has 3 heterocycles. The van der Waals surface area contributed by atoms with Crippen LogP contribution in [0.25, 0.3) is 49.0 Å². The SMILES string of the molecule is Cc1cc(C)c2c(c1C)c1c3c(ccc4c5ccc(CC(C)(C)C)cc5n2c43)c([Si](C)(C)C)c[n+]1C. The lowest BCUT2D eigenvalue weighted by Gasteiger charge is -2.21. The Bertz CT molecular complexity index is 1860. The van der Waals surface area contributed by atoms with Crippen LogP contribution in [0.2, 0.25) is 19.6 Å². The summed E-state index contributed by atoms with van der Waals surface area (Å²) in [5.74, 6) is 0. The number of aromatic nitrogens is 2. The average Bonchev–Trinajstić information content (AvgIpc) is 3.09. The van der Waals surface area contributed by atoms with E-state index >= 15 is 0 Å². The third kappa shape index (κ3) is 3.18. The maximum Gasteiger partial charge on any atom is 0.224 e. The molecular formula is C33H39N2Si+. The standard InChI is InChI=1S/C33H39N2Si/c1-19-15-20(2)30-28(21(19)3)32-29-25(27(18-34(32)7)36(8,9)10)14-13-24-23-12-11-22(17-33(4,5)6)16-26(23)35(30)31(24)29/h11-16,18H,17H2,1-10H3/q+1. The number of fused-ring (bicyclic) bond motifs is 6. The molecule has 0 fully saturated rings. The molecule has 3 aromatic heterocycles. The molecular weight excluding hydrogens is 452 g/mol. The van der Waals surface area contributed by atoms with Crippen LogP contribution in [0.15, 0.2) is 42.6 Å². The maximum absolute atomic E-state index is 2.62. The van der Waals surface area contributed by atoms with E-state index in [2.05, 4.69) is 120 Å². The van der Waals surface area contributed by atoms with Gasteiger partial charge in [-0.15, -0.1) is 0 Å². The predicted octanol–water partition coefficient (Wildman–Crippen LogP) is 7.87. The summed E-state index contributed by atoms with van der Waals surface area (Å²) in [4.78, 5) is 0. The molecule has 3 aromatic carbocycles. The fraction of sp³-hybridized carbons (Fsp3) is 0.364. The van der Waals surface area contributed by atoms with Crippen molar-refractivity contribution in [2.45, 2.75) is 67.6 Å². The third-order valence-electron chi connectivity index (χ3n) is 8.21. The zero-order valence-electron chi connectivity index (χ0n) is 23.6. The van der Waals surface area contributed by atoms with Crippen LogP contribution in [0.4, 0.5) is 0 Å². The molecule has 0 radical (unpaired) electrons. The Morgan fingerprint density at radius 2 is 1.47 bits per heavy atom. The average molecular weight is 492 g/mol. The first kappa shape index (κ1) is 23.5. The van der Waals surface area contributed by atoms with Crippen LogP contribution in [0.3, 0.4) is 0 Å². The Morgan fingerprint density at radius 3 is 2.14 bits per heavy atom. The highest BCUT2D eigenvalue weighted by molar-refractivity contribution is 6.90. The minimum Gasteiger partial charge on any atom is -0.307 e. The summed E-state index contributed by atoms with van der Waals surface area (Å²) in [6, 6.07) is 14.4. The molecule has 0 saturated heterocycles. The molecule has 0 atom stereocenters. The molecule has 3 heteroatoms. The van der Waals surface area contributed by atoms with Crippen molar-refractivity contribution in [3.8, 4) is 0 Å². The van der Waals surface area contributed by atoms with Gasteiger partial charge in [0.25, 0.3) is 0 Å². The number of hydrogen-bond donors (Lipinski definition) is 0. The van der Waals surface area contributed by atoms with E-state index in [-0.39, 0.29) is 5.41 Å². The lowest BCUT2D eigenvalue weighted by Crippen LogP contribution is -2.45. The third-order valence-corrected chi connectivity index (χ3v) is 10.2. The van der Waals surface area contributed by atoms with Gasteiger partial charge in [0.05, 0.1) is 35.4 Å². The van der Waals surface area contributed by atoms with Crippen molar-refractivity contribution < 1.29 is 4.57 Å². The predicted molar refractivity (Wildman–Crippen MR) is 160 cm³/mol. The van der Waals surface area contributed by atoms with E-state index in [9.17, 15) is 0 Å². The van der Waals surface area contributed by atoms with E-state index in [1.54, 1.807) is 5.19 Å². The molecule has 0 saturated carbocycles. The molecule has 0 aliphatic rings. The lowest BCUT2D eigenvalue weighted by molar-refractivity contribution is -0.643. The topological polar surface area (TPSA) is 8.29 Å². The van der Waals surface area contributed by atoms with Crippen molar-refractivity contribution in [1.29, 1.82) is 0 Å². The van der Waals surface area contributed by atoms with Crippen LogP contribution < -0.4 is 9.75 Å². The van der Waals surface area contributed by atoms with Crippen molar-refractivity contribution in [3.63, 3.8) is 0 Å². The van der Waals surface area contributed by atoms with E-state index in [1.807, 2.05) is 0 Å². The van der Waals surface area contributed by atoms with Crippen molar-refractivity contribution >= 4 is 62.3 Å². The Kier molecular flexibility index (Phi) is 4.77. The van der Waals surface area contributed by atoms with Crippen LogP contribution in [-0.2, 0) is 13.5 Å². The van der Waals surface area contributed by atoms with Gasteiger partial charge in [0, 0.05) is 16.0 Å². The summed E-state index contributed by atoms with van der Waals surface area (Å²) in [7, 11) is 0.697. The molecule has 0 spiro atoms. The second-order valence-corrected chi connectivity index (χ2v) is 18.5. The second kappa shape index (κ2) is 7.32. The monoisotopic (exact) mass is 491 g/mol. The van der Waals surface area contributed by atoms with Crippen molar-refractivity contribution in [2.24, 2.45) is 12.5 Å². The van der Waals surface area contributed by atoms with Crippen LogP contribution in [0.5, 0.6) is 0 Å². The van der Waals surface area contributed by atoms with Crippen LogP contribution in [0, 0.1) is 26.2 Å². The molecule has 0 amide bonds. The van der Waals surface area contributed by atoms with Crippen molar-refractivity contribution in [2.75, 3.05) is 0 Å². The molecule has 2 nitrogen and oxygen atoms in total. The molecule has 0 unspecified atom stereocenters. The zero-order valence-corrected chi connectivity index (χ0v) is 24.6. The number of rotatable bonds is 2. The van der Waals surface area contributed by atoms with E-state index < -0.39 is 8.07 Å². The van der Waals surface area contributed by atoms with Gasteiger partial charge in [-0.3, -0.25) is 0 Å². The first-order valence-electron chi connectivity index (χ1n) is 13.3. The highest BCUT2D eigenvalue weighted by Gasteiger charge is 2.30. The fourth-order valence-corrected chi connectivity index (χ4v) is 8.22. The molecule has 6 aromatic rings. The van der Waals surface area contributed by atoms with Gasteiger partial charge in [-0.25, -0.2) is 4.57 Å². The van der Waals surface area contributed by atoms with E-state index in [4.69, 9.17) is 0 Å². The summed E-state index contributed by atoms with van der Waals surface area (Å²) >= 11 is 0. The van der Waals surface area contributed by atoms with E-state index in [0.717, 1.165) is 6.42 Å². The zero-order chi connectivity index (χ0) is 25.9. The van der Waals surface area contributed by atoms with Crippen molar-refractivity contribution in [1.82, 2.24) is 4.40 Å².